The Kier molecular flexibility index (Phi) is 13.2. The fourth-order valence-corrected chi connectivity index (χ4v) is 5.60. The van der Waals surface area contributed by atoms with Crippen LogP contribution in [-0.4, -0.2) is 47.4 Å². The second-order valence-electron chi connectivity index (χ2n) is 17.3. The van der Waals surface area contributed by atoms with Gasteiger partial charge in [0.1, 0.15) is 23.7 Å². The second-order valence-corrected chi connectivity index (χ2v) is 17.3. The lowest BCUT2D eigenvalue weighted by Crippen LogP contribution is -2.35. The van der Waals surface area contributed by atoms with Gasteiger partial charge in [-0.15, -0.1) is 0 Å². The van der Waals surface area contributed by atoms with E-state index in [1.807, 2.05) is 38.1 Å². The van der Waals surface area contributed by atoms with Gasteiger partial charge in [0.2, 0.25) is 0 Å². The lowest BCUT2D eigenvalue weighted by molar-refractivity contribution is -0.148. The molecule has 7 heteroatoms. The van der Waals surface area contributed by atoms with E-state index in [4.69, 9.17) is 9.47 Å². The van der Waals surface area contributed by atoms with E-state index in [0.717, 1.165) is 33.4 Å². The molecule has 3 N–H and O–H groups in total. The molecule has 0 amide bonds. The predicted octanol–water partition coefficient (Wildman–Crippen LogP) is 8.31. The van der Waals surface area contributed by atoms with Gasteiger partial charge in [0.05, 0.1) is 0 Å². The highest BCUT2D eigenvalue weighted by Crippen LogP contribution is 2.41. The number of carbonyl (C=O) groups excluding carboxylic acids is 2. The minimum atomic E-state index is -0.344. The van der Waals surface area contributed by atoms with Crippen molar-refractivity contribution in [3.05, 3.63) is 57.6 Å². The van der Waals surface area contributed by atoms with E-state index in [1.54, 1.807) is 0 Å². The maximum atomic E-state index is 12.7. The van der Waals surface area contributed by atoms with Gasteiger partial charge < -0.3 is 25.0 Å². The topological polar surface area (TPSA) is 105 Å². The van der Waals surface area contributed by atoms with Crippen LogP contribution in [0.3, 0.4) is 0 Å². The summed E-state index contributed by atoms with van der Waals surface area (Å²) >= 11 is 0. The Morgan fingerprint density at radius 3 is 1.06 bits per heavy atom. The number of nitrogens with one attached hydrogen (secondary N) is 1. The number of hydrogen-bond acceptors (Lipinski definition) is 7. The molecule has 0 saturated carbocycles. The third-order valence-electron chi connectivity index (χ3n) is 8.34. The van der Waals surface area contributed by atoms with Crippen molar-refractivity contribution in [3.8, 4) is 11.5 Å². The van der Waals surface area contributed by atoms with E-state index < -0.39 is 0 Å². The van der Waals surface area contributed by atoms with Crippen molar-refractivity contribution in [1.29, 1.82) is 0 Å². The zero-order valence-electron chi connectivity index (χ0n) is 31.7. The zero-order chi connectivity index (χ0) is 36.1. The summed E-state index contributed by atoms with van der Waals surface area (Å²) in [5.41, 5.74) is 4.61. The third kappa shape index (κ3) is 12.2. The molecular weight excluding hydrogens is 590 g/mol. The van der Waals surface area contributed by atoms with Crippen LogP contribution in [0.5, 0.6) is 11.5 Å². The van der Waals surface area contributed by atoms with Crippen molar-refractivity contribution in [2.45, 2.75) is 156 Å². The highest BCUT2D eigenvalue weighted by Gasteiger charge is 2.28. The van der Waals surface area contributed by atoms with Crippen molar-refractivity contribution in [2.75, 3.05) is 13.1 Å². The first-order chi connectivity index (χ1) is 21.3. The van der Waals surface area contributed by atoms with Crippen molar-refractivity contribution in [3.63, 3.8) is 0 Å². The summed E-state index contributed by atoms with van der Waals surface area (Å²) in [4.78, 5) is 25.4. The quantitative estimate of drug-likeness (QED) is 0.198. The molecule has 0 spiro atoms. The van der Waals surface area contributed by atoms with Gasteiger partial charge in [-0.3, -0.25) is 9.59 Å². The fraction of sp³-hybridized carbons (Fsp3) is 0.650. The number of rotatable bonds is 12. The van der Waals surface area contributed by atoms with Crippen LogP contribution in [0.4, 0.5) is 0 Å². The first-order valence-electron chi connectivity index (χ1n) is 17.1. The number of esters is 2. The number of aromatic hydroxyl groups is 2. The van der Waals surface area contributed by atoms with Crippen LogP contribution in [-0.2, 0) is 53.6 Å². The molecule has 0 aliphatic heterocycles. The molecule has 0 aliphatic carbocycles. The Hall–Kier alpha value is -3.06. The Morgan fingerprint density at radius 2 is 0.830 bits per heavy atom. The zero-order valence-corrected chi connectivity index (χ0v) is 31.7. The Balaban J connectivity index is 1.85. The van der Waals surface area contributed by atoms with E-state index in [1.165, 1.54) is 0 Å². The van der Waals surface area contributed by atoms with Gasteiger partial charge in [-0.25, -0.2) is 0 Å². The van der Waals surface area contributed by atoms with Gasteiger partial charge >= 0.3 is 11.9 Å². The van der Waals surface area contributed by atoms with Crippen LogP contribution in [0.15, 0.2) is 24.3 Å². The molecule has 2 atom stereocenters. The normalized spacial score (nSPS) is 14.1. The summed E-state index contributed by atoms with van der Waals surface area (Å²) in [5.74, 6) is 0.107. The molecular formula is C40H63NO6. The highest BCUT2D eigenvalue weighted by molar-refractivity contribution is 5.70. The number of benzene rings is 2. The number of ether oxygens (including phenoxy) is 2. The molecule has 2 aromatic carbocycles. The molecule has 0 saturated heterocycles. The Bertz CT molecular complexity index is 1210. The second kappa shape index (κ2) is 15.4. The van der Waals surface area contributed by atoms with Crippen molar-refractivity contribution >= 4 is 11.9 Å². The lowest BCUT2D eigenvalue weighted by atomic mass is 9.78. The van der Waals surface area contributed by atoms with Crippen LogP contribution < -0.4 is 5.32 Å². The monoisotopic (exact) mass is 653 g/mol. The van der Waals surface area contributed by atoms with Gasteiger partial charge in [0, 0.05) is 25.9 Å². The van der Waals surface area contributed by atoms with Crippen LogP contribution >= 0.6 is 0 Å². The molecule has 2 unspecified atom stereocenters. The van der Waals surface area contributed by atoms with Gasteiger partial charge in [-0.2, -0.15) is 0 Å². The molecule has 0 aliphatic rings. The maximum absolute atomic E-state index is 12.7. The Labute approximate surface area is 284 Å². The first kappa shape index (κ1) is 40.1. The summed E-state index contributed by atoms with van der Waals surface area (Å²) < 4.78 is 11.3. The van der Waals surface area contributed by atoms with E-state index in [0.29, 0.717) is 37.4 Å². The molecule has 7 nitrogen and oxygen atoms in total. The third-order valence-corrected chi connectivity index (χ3v) is 8.34. The molecule has 0 aromatic heterocycles. The smallest absolute Gasteiger partial charge is 0.306 e. The minimum absolute atomic E-state index is 0.231. The number of phenols is 2. The molecule has 264 valence electrons. The average Bonchev–Trinajstić information content (AvgIpc) is 2.89. The van der Waals surface area contributed by atoms with Crippen molar-refractivity contribution < 1.29 is 29.3 Å². The van der Waals surface area contributed by atoms with Crippen LogP contribution in [0.1, 0.15) is 143 Å². The van der Waals surface area contributed by atoms with Crippen molar-refractivity contribution in [2.24, 2.45) is 0 Å². The summed E-state index contributed by atoms with van der Waals surface area (Å²) in [7, 11) is 0. The fourth-order valence-electron chi connectivity index (χ4n) is 5.60. The predicted molar refractivity (Wildman–Crippen MR) is 192 cm³/mol. The van der Waals surface area contributed by atoms with E-state index in [9.17, 15) is 19.8 Å². The minimum Gasteiger partial charge on any atom is -0.507 e. The number of carbonyl (C=O) groups is 2. The van der Waals surface area contributed by atoms with Gasteiger partial charge in [0.25, 0.3) is 0 Å². The van der Waals surface area contributed by atoms with E-state index in [2.05, 4.69) is 88.4 Å². The molecule has 2 rings (SSSR count). The molecule has 2 aromatic rings. The molecule has 0 radical (unpaired) electrons. The first-order valence-corrected chi connectivity index (χ1v) is 17.1. The van der Waals surface area contributed by atoms with E-state index >= 15 is 0 Å². The average molecular weight is 654 g/mol. The number of aryl methyl sites for hydroxylation is 2. The molecule has 47 heavy (non-hydrogen) atoms. The summed E-state index contributed by atoms with van der Waals surface area (Å²) in [6, 6.07) is 8.01. The summed E-state index contributed by atoms with van der Waals surface area (Å²) in [6.45, 7) is 29.5. The molecule has 0 bridgehead atoms. The van der Waals surface area contributed by atoms with Gasteiger partial charge in [0.15, 0.2) is 0 Å². The SMILES string of the molecule is CC(CNCC(C)OC(=O)CCc1cc(C(C)(C)C)c(O)c(C(C)(C)C)c1)OC(=O)CCc1cc(C(C)(C)C)c(O)c(C(C)(C)C)c1. The summed E-state index contributed by atoms with van der Waals surface area (Å²) in [5, 5.41) is 25.2. The molecule has 0 fully saturated rings. The standard InChI is InChI=1S/C40H63NO6/c1-25(46-33(42)17-15-27-19-29(37(3,4)5)35(44)30(20-27)38(6,7)8)23-41-24-26(2)47-34(43)18-16-28-21-31(39(9,10)11)36(45)32(22-28)40(12,13)14/h19-22,25-26,41,44-45H,15-18,23-24H2,1-14H3. The van der Waals surface area contributed by atoms with Crippen molar-refractivity contribution in [1.82, 2.24) is 5.32 Å². The van der Waals surface area contributed by atoms with Crippen LogP contribution in [0.2, 0.25) is 0 Å². The summed E-state index contributed by atoms with van der Waals surface area (Å²) in [6.07, 6.45) is 0.848. The maximum Gasteiger partial charge on any atom is 0.306 e. The van der Waals surface area contributed by atoms with Crippen LogP contribution in [0.25, 0.3) is 0 Å². The highest BCUT2D eigenvalue weighted by atomic mass is 16.5. The van der Waals surface area contributed by atoms with Crippen LogP contribution in [0, 0.1) is 0 Å². The molecule has 0 heterocycles. The largest absolute Gasteiger partial charge is 0.507 e. The van der Waals surface area contributed by atoms with E-state index in [-0.39, 0.29) is 58.6 Å². The Morgan fingerprint density at radius 1 is 0.574 bits per heavy atom. The lowest BCUT2D eigenvalue weighted by Gasteiger charge is -2.28. The number of phenolic OH excluding ortho intramolecular Hbond substituents is 2. The van der Waals surface area contributed by atoms with Gasteiger partial charge in [-0.05, 0) is 81.7 Å². The number of hydrogen-bond donors (Lipinski definition) is 3. The van der Waals surface area contributed by atoms with Gasteiger partial charge in [-0.1, -0.05) is 107 Å².